The topological polar surface area (TPSA) is 42.9 Å². The molecule has 126 valence electrons. The van der Waals surface area contributed by atoms with Crippen LogP contribution < -0.4 is 10.6 Å². The Bertz CT molecular complexity index is 275. The van der Waals surface area contributed by atoms with E-state index in [9.17, 15) is 0 Å². The van der Waals surface area contributed by atoms with E-state index in [1.807, 2.05) is 7.05 Å². The van der Waals surface area contributed by atoms with Gasteiger partial charge in [-0.25, -0.2) is 0 Å². The van der Waals surface area contributed by atoms with Gasteiger partial charge in [0.1, 0.15) is 0 Å². The molecule has 21 heavy (non-hydrogen) atoms. The minimum Gasteiger partial charge on any atom is -0.356 e. The molecule has 0 aromatic carbocycles. The van der Waals surface area contributed by atoms with Crippen molar-refractivity contribution in [3.8, 4) is 0 Å². The van der Waals surface area contributed by atoms with E-state index in [4.69, 9.17) is 0 Å². The van der Waals surface area contributed by atoms with E-state index in [2.05, 4.69) is 46.2 Å². The number of nitrogens with zero attached hydrogens (tertiary/aromatic N) is 3. The average Bonchev–Trinajstić information content (AvgIpc) is 2.46. The molecule has 1 heterocycles. The summed E-state index contributed by atoms with van der Waals surface area (Å²) in [6, 6.07) is 0.427. The Morgan fingerprint density at radius 1 is 1.10 bits per heavy atom. The highest BCUT2D eigenvalue weighted by atomic mass is 127. The molecule has 1 saturated heterocycles. The van der Waals surface area contributed by atoms with Crippen LogP contribution in [0.5, 0.6) is 0 Å². The minimum atomic E-state index is 0. The summed E-state index contributed by atoms with van der Waals surface area (Å²) in [6.07, 6.45) is 2.46. The molecule has 0 unspecified atom stereocenters. The molecule has 0 radical (unpaired) electrons. The van der Waals surface area contributed by atoms with Gasteiger partial charge < -0.3 is 20.4 Å². The van der Waals surface area contributed by atoms with Crippen molar-refractivity contribution in [1.29, 1.82) is 0 Å². The van der Waals surface area contributed by atoms with Gasteiger partial charge in [0.05, 0.1) is 0 Å². The summed E-state index contributed by atoms with van der Waals surface area (Å²) >= 11 is 0. The van der Waals surface area contributed by atoms with E-state index < -0.39 is 0 Å². The van der Waals surface area contributed by atoms with Crippen molar-refractivity contribution in [2.45, 2.75) is 39.7 Å². The molecule has 0 aliphatic carbocycles. The summed E-state index contributed by atoms with van der Waals surface area (Å²) in [4.78, 5) is 9.33. The molecule has 0 amide bonds. The van der Waals surface area contributed by atoms with Gasteiger partial charge >= 0.3 is 0 Å². The molecule has 0 aromatic rings. The second-order valence-electron chi connectivity index (χ2n) is 5.78. The quantitative estimate of drug-likeness (QED) is 0.289. The third-order valence-electron chi connectivity index (χ3n) is 3.75. The zero-order chi connectivity index (χ0) is 14.8. The van der Waals surface area contributed by atoms with E-state index in [-0.39, 0.29) is 24.0 Å². The zero-order valence-corrected chi connectivity index (χ0v) is 16.5. The van der Waals surface area contributed by atoms with Gasteiger partial charge in [-0.2, -0.15) is 0 Å². The Kier molecular flexibility index (Phi) is 12.4. The number of halogens is 1. The van der Waals surface area contributed by atoms with Crippen molar-refractivity contribution in [2.24, 2.45) is 4.99 Å². The molecule has 1 aliphatic heterocycles. The first-order chi connectivity index (χ1) is 9.65. The monoisotopic (exact) mass is 411 g/mol. The predicted octanol–water partition coefficient (Wildman–Crippen LogP) is 1.60. The van der Waals surface area contributed by atoms with Gasteiger partial charge in [0.2, 0.25) is 0 Å². The first-order valence-corrected chi connectivity index (χ1v) is 8.07. The van der Waals surface area contributed by atoms with Crippen molar-refractivity contribution in [2.75, 3.05) is 52.9 Å². The van der Waals surface area contributed by atoms with Gasteiger partial charge in [0.15, 0.2) is 5.96 Å². The van der Waals surface area contributed by atoms with E-state index in [1.54, 1.807) is 0 Å². The number of guanidine groups is 1. The number of unbranched alkanes of at least 4 members (excludes halogenated alkanes) is 1. The number of aliphatic imine (C=N–C) groups is 1. The number of hydrogen-bond donors (Lipinski definition) is 2. The largest absolute Gasteiger partial charge is 0.356 e. The first kappa shape index (κ1) is 20.9. The molecular formula is C15H34IN5. The number of piperazine rings is 1. The summed E-state index contributed by atoms with van der Waals surface area (Å²) < 4.78 is 0. The molecule has 0 saturated carbocycles. The number of likely N-dealkylation sites (N-methyl/N-ethyl adjacent to an activating group) is 1. The Labute approximate surface area is 148 Å². The Hall–Kier alpha value is -0.0800. The van der Waals surface area contributed by atoms with Crippen LogP contribution in [0.2, 0.25) is 0 Å². The van der Waals surface area contributed by atoms with Crippen LogP contribution in [0.3, 0.4) is 0 Å². The van der Waals surface area contributed by atoms with Crippen LogP contribution in [0.4, 0.5) is 0 Å². The van der Waals surface area contributed by atoms with Crippen molar-refractivity contribution in [1.82, 2.24) is 20.4 Å². The highest BCUT2D eigenvalue weighted by Gasteiger charge is 2.14. The van der Waals surface area contributed by atoms with Crippen LogP contribution >= 0.6 is 24.0 Å². The fourth-order valence-corrected chi connectivity index (χ4v) is 2.46. The van der Waals surface area contributed by atoms with Gasteiger partial charge in [-0.1, -0.05) is 6.92 Å². The van der Waals surface area contributed by atoms with Crippen LogP contribution in [0.25, 0.3) is 0 Å². The standard InChI is InChI=1S/C15H33N5.HI/c1-5-19-10-12-20(13-11-19)9-7-6-8-17-15(16-4)18-14(2)3;/h14H,5-13H2,1-4H3,(H2,16,17,18);1H. The minimum absolute atomic E-state index is 0. The third-order valence-corrected chi connectivity index (χ3v) is 3.75. The van der Waals surface area contributed by atoms with Gasteiger partial charge in [-0.15, -0.1) is 24.0 Å². The SMILES string of the molecule is CCN1CCN(CCCCNC(=NC)NC(C)C)CC1.I. The summed E-state index contributed by atoms with van der Waals surface area (Å²) in [6.45, 7) is 14.9. The second-order valence-corrected chi connectivity index (χ2v) is 5.78. The van der Waals surface area contributed by atoms with Gasteiger partial charge in [-0.3, -0.25) is 4.99 Å². The zero-order valence-electron chi connectivity index (χ0n) is 14.2. The maximum Gasteiger partial charge on any atom is 0.191 e. The molecule has 0 atom stereocenters. The molecule has 5 nitrogen and oxygen atoms in total. The number of nitrogens with one attached hydrogen (secondary N) is 2. The Morgan fingerprint density at radius 2 is 1.71 bits per heavy atom. The van der Waals surface area contributed by atoms with E-state index >= 15 is 0 Å². The van der Waals surface area contributed by atoms with Crippen molar-refractivity contribution >= 4 is 29.9 Å². The summed E-state index contributed by atoms with van der Waals surface area (Å²) in [5.74, 6) is 0.913. The van der Waals surface area contributed by atoms with Crippen LogP contribution in [0.1, 0.15) is 33.6 Å². The fourth-order valence-electron chi connectivity index (χ4n) is 2.46. The van der Waals surface area contributed by atoms with Crippen molar-refractivity contribution in [3.63, 3.8) is 0 Å². The first-order valence-electron chi connectivity index (χ1n) is 8.07. The predicted molar refractivity (Wildman–Crippen MR) is 103 cm³/mol. The van der Waals surface area contributed by atoms with Crippen LogP contribution in [-0.2, 0) is 0 Å². The highest BCUT2D eigenvalue weighted by Crippen LogP contribution is 2.02. The molecule has 1 rings (SSSR count). The summed E-state index contributed by atoms with van der Waals surface area (Å²) in [5.41, 5.74) is 0. The van der Waals surface area contributed by atoms with E-state index in [0.717, 1.165) is 12.5 Å². The lowest BCUT2D eigenvalue weighted by Crippen LogP contribution is -2.46. The molecule has 0 bridgehead atoms. The molecule has 1 aliphatic rings. The normalized spacial score (nSPS) is 17.7. The second kappa shape index (κ2) is 12.5. The highest BCUT2D eigenvalue weighted by molar-refractivity contribution is 14.0. The van der Waals surface area contributed by atoms with Gasteiger partial charge in [-0.05, 0) is 39.8 Å². The maximum atomic E-state index is 4.21. The molecule has 0 spiro atoms. The Balaban J connectivity index is 0.00000400. The lowest BCUT2D eigenvalue weighted by molar-refractivity contribution is 0.136. The molecule has 2 N–H and O–H groups in total. The summed E-state index contributed by atoms with van der Waals surface area (Å²) in [7, 11) is 1.82. The van der Waals surface area contributed by atoms with Crippen LogP contribution in [-0.4, -0.2) is 74.7 Å². The lowest BCUT2D eigenvalue weighted by atomic mass is 10.2. The number of hydrogen-bond acceptors (Lipinski definition) is 3. The molecular weight excluding hydrogens is 377 g/mol. The van der Waals surface area contributed by atoms with Crippen LogP contribution in [0.15, 0.2) is 4.99 Å². The summed E-state index contributed by atoms with van der Waals surface area (Å²) in [5, 5.41) is 6.67. The molecule has 0 aromatic heterocycles. The third kappa shape index (κ3) is 9.52. The maximum absolute atomic E-state index is 4.21. The average molecular weight is 411 g/mol. The number of rotatable bonds is 7. The molecule has 6 heteroatoms. The smallest absolute Gasteiger partial charge is 0.191 e. The van der Waals surface area contributed by atoms with Crippen LogP contribution in [0, 0.1) is 0 Å². The van der Waals surface area contributed by atoms with Gasteiger partial charge in [0, 0.05) is 45.8 Å². The van der Waals surface area contributed by atoms with Crippen molar-refractivity contribution < 1.29 is 0 Å². The molecule has 1 fully saturated rings. The Morgan fingerprint density at radius 3 is 2.24 bits per heavy atom. The van der Waals surface area contributed by atoms with E-state index in [0.29, 0.717) is 6.04 Å². The van der Waals surface area contributed by atoms with E-state index in [1.165, 1.54) is 52.1 Å². The van der Waals surface area contributed by atoms with Crippen molar-refractivity contribution in [3.05, 3.63) is 0 Å². The lowest BCUT2D eigenvalue weighted by Gasteiger charge is -2.34. The van der Waals surface area contributed by atoms with Gasteiger partial charge in [0.25, 0.3) is 0 Å². The fraction of sp³-hybridized carbons (Fsp3) is 0.933.